The van der Waals surface area contributed by atoms with Gasteiger partial charge in [0.05, 0.1) is 33.2 Å². The quantitative estimate of drug-likeness (QED) is 0.166. The molecule has 0 saturated carbocycles. The van der Waals surface area contributed by atoms with Crippen molar-refractivity contribution in [2.24, 2.45) is 0 Å². The van der Waals surface area contributed by atoms with Gasteiger partial charge in [0, 0.05) is 28.4 Å². The molecule has 7 aromatic rings. The lowest BCUT2D eigenvalue weighted by atomic mass is 10.0. The SMILES string of the molecule is N#Cc1ccc(N2c3ccccc3Oc3c2cc(N(c2ccccc2)c2ccccc2)c(Br)c3N(c2ccccc2)c2ccccc2)cc1. The van der Waals surface area contributed by atoms with Crippen molar-refractivity contribution in [2.75, 3.05) is 14.7 Å². The largest absolute Gasteiger partial charge is 0.451 e. The van der Waals surface area contributed by atoms with Crippen LogP contribution in [-0.2, 0) is 0 Å². The summed E-state index contributed by atoms with van der Waals surface area (Å²) in [6, 6.07) is 61.7. The number of fused-ring (bicyclic) bond motifs is 2. The van der Waals surface area contributed by atoms with E-state index < -0.39 is 0 Å². The second-order valence-electron chi connectivity index (χ2n) is 11.5. The van der Waals surface area contributed by atoms with Crippen LogP contribution in [-0.4, -0.2) is 0 Å². The highest BCUT2D eigenvalue weighted by Crippen LogP contribution is 2.60. The van der Waals surface area contributed by atoms with Gasteiger partial charge in [0.25, 0.3) is 0 Å². The van der Waals surface area contributed by atoms with Crippen LogP contribution in [0.15, 0.2) is 180 Å². The monoisotopic (exact) mass is 696 g/mol. The minimum absolute atomic E-state index is 0.598. The molecule has 0 bridgehead atoms. The van der Waals surface area contributed by atoms with E-state index in [2.05, 4.69) is 146 Å². The van der Waals surface area contributed by atoms with Crippen molar-refractivity contribution in [1.82, 2.24) is 0 Å². The van der Waals surface area contributed by atoms with Crippen LogP contribution < -0.4 is 19.4 Å². The highest BCUT2D eigenvalue weighted by Gasteiger charge is 2.35. The Hall–Kier alpha value is -6.29. The predicted molar refractivity (Wildman–Crippen MR) is 203 cm³/mol. The zero-order valence-corrected chi connectivity index (χ0v) is 27.9. The summed E-state index contributed by atoms with van der Waals surface area (Å²) in [4.78, 5) is 6.72. The molecule has 6 heteroatoms. The number of nitriles is 1. The summed E-state index contributed by atoms with van der Waals surface area (Å²) in [5, 5.41) is 9.61. The molecule has 49 heavy (non-hydrogen) atoms. The summed E-state index contributed by atoms with van der Waals surface area (Å²) in [7, 11) is 0. The molecule has 0 atom stereocenters. The van der Waals surface area contributed by atoms with Crippen LogP contribution in [0.25, 0.3) is 0 Å². The standard InChI is InChI=1S/C43H29BrN4O/c44-41-38(46(32-15-5-1-6-16-32)33-17-7-2-8-18-33)29-39-43(42(41)47(34-19-9-3-10-20-34)35-21-11-4-12-22-35)49-40-24-14-13-23-37(40)48(39)36-27-25-31(30-45)26-28-36/h1-29H. The zero-order valence-electron chi connectivity index (χ0n) is 26.3. The number of hydrogen-bond acceptors (Lipinski definition) is 5. The highest BCUT2D eigenvalue weighted by molar-refractivity contribution is 9.10. The summed E-state index contributed by atoms with van der Waals surface area (Å²) in [5.74, 6) is 1.41. The van der Waals surface area contributed by atoms with Crippen LogP contribution in [0.3, 0.4) is 0 Å². The lowest BCUT2D eigenvalue weighted by molar-refractivity contribution is 0.478. The maximum Gasteiger partial charge on any atom is 0.176 e. The van der Waals surface area contributed by atoms with Crippen LogP contribution in [0.5, 0.6) is 11.5 Å². The van der Waals surface area contributed by atoms with E-state index in [1.165, 1.54) is 0 Å². The van der Waals surface area contributed by atoms with E-state index in [-0.39, 0.29) is 0 Å². The van der Waals surface area contributed by atoms with Crippen LogP contribution in [0.1, 0.15) is 5.56 Å². The van der Waals surface area contributed by atoms with E-state index in [1.807, 2.05) is 66.7 Å². The van der Waals surface area contributed by atoms with Gasteiger partial charge in [-0.15, -0.1) is 0 Å². The Kier molecular flexibility index (Phi) is 8.02. The van der Waals surface area contributed by atoms with Gasteiger partial charge in [-0.1, -0.05) is 84.9 Å². The minimum atomic E-state index is 0.598. The summed E-state index contributed by atoms with van der Waals surface area (Å²) in [6.45, 7) is 0. The normalized spacial score (nSPS) is 11.5. The smallest absolute Gasteiger partial charge is 0.176 e. The molecule has 1 aliphatic rings. The average molecular weight is 698 g/mol. The summed E-state index contributed by atoms with van der Waals surface area (Å²) < 4.78 is 7.82. The lowest BCUT2D eigenvalue weighted by Crippen LogP contribution is -2.21. The molecule has 5 nitrogen and oxygen atoms in total. The molecule has 7 aromatic carbocycles. The molecule has 0 spiro atoms. The maximum atomic E-state index is 9.61. The first kappa shape index (κ1) is 30.1. The molecule has 0 unspecified atom stereocenters. The second-order valence-corrected chi connectivity index (χ2v) is 12.3. The maximum absolute atomic E-state index is 9.61. The van der Waals surface area contributed by atoms with E-state index in [9.17, 15) is 5.26 Å². The van der Waals surface area contributed by atoms with Gasteiger partial charge in [-0.3, -0.25) is 0 Å². The van der Waals surface area contributed by atoms with Crippen molar-refractivity contribution in [3.63, 3.8) is 0 Å². The van der Waals surface area contributed by atoms with E-state index in [1.54, 1.807) is 0 Å². The number of halogens is 1. The fraction of sp³-hybridized carbons (Fsp3) is 0. The predicted octanol–water partition coefficient (Wildman–Crippen LogP) is 12.8. The Morgan fingerprint density at radius 1 is 0.531 bits per heavy atom. The Morgan fingerprint density at radius 3 is 1.51 bits per heavy atom. The van der Waals surface area contributed by atoms with Crippen LogP contribution in [0, 0.1) is 11.3 Å². The number of para-hydroxylation sites is 6. The van der Waals surface area contributed by atoms with Crippen molar-refractivity contribution in [3.05, 3.63) is 186 Å². The fourth-order valence-electron chi connectivity index (χ4n) is 6.30. The van der Waals surface area contributed by atoms with Gasteiger partial charge in [-0.2, -0.15) is 5.26 Å². The third kappa shape index (κ3) is 5.57. The Morgan fingerprint density at radius 2 is 1.00 bits per heavy atom. The Bertz CT molecular complexity index is 2200. The molecule has 0 amide bonds. The zero-order chi connectivity index (χ0) is 33.2. The van der Waals surface area contributed by atoms with Gasteiger partial charge in [-0.25, -0.2) is 0 Å². The molecule has 1 heterocycles. The third-order valence-electron chi connectivity index (χ3n) is 8.49. The van der Waals surface area contributed by atoms with Crippen molar-refractivity contribution in [1.29, 1.82) is 5.26 Å². The van der Waals surface area contributed by atoms with E-state index in [0.29, 0.717) is 11.3 Å². The highest BCUT2D eigenvalue weighted by atomic mass is 79.9. The van der Waals surface area contributed by atoms with E-state index in [0.717, 1.165) is 61.4 Å². The van der Waals surface area contributed by atoms with Crippen molar-refractivity contribution >= 4 is 67.1 Å². The summed E-state index contributed by atoms with van der Waals surface area (Å²) in [6.07, 6.45) is 0. The number of benzene rings is 7. The molecule has 0 fully saturated rings. The number of anilines is 9. The summed E-state index contributed by atoms with van der Waals surface area (Å²) in [5.41, 5.74) is 9.00. The Balaban J connectivity index is 1.49. The first-order chi connectivity index (χ1) is 24.2. The fourth-order valence-corrected chi connectivity index (χ4v) is 6.95. The Labute approximate surface area is 294 Å². The molecule has 0 aromatic heterocycles. The molecule has 0 saturated heterocycles. The second kappa shape index (κ2) is 13.1. The number of ether oxygens (including phenoxy) is 1. The third-order valence-corrected chi connectivity index (χ3v) is 9.27. The number of nitrogens with zero attached hydrogens (tertiary/aromatic N) is 4. The number of rotatable bonds is 7. The lowest BCUT2D eigenvalue weighted by Gasteiger charge is -2.39. The minimum Gasteiger partial charge on any atom is -0.451 e. The van der Waals surface area contributed by atoms with Crippen molar-refractivity contribution < 1.29 is 4.74 Å². The van der Waals surface area contributed by atoms with E-state index >= 15 is 0 Å². The van der Waals surface area contributed by atoms with Crippen molar-refractivity contribution in [3.8, 4) is 17.6 Å². The molecular formula is C43H29BrN4O. The van der Waals surface area contributed by atoms with Gasteiger partial charge in [0.1, 0.15) is 5.69 Å². The number of hydrogen-bond donors (Lipinski definition) is 0. The van der Waals surface area contributed by atoms with Gasteiger partial charge in [-0.05, 0) is 107 Å². The molecule has 0 N–H and O–H groups in total. The molecule has 8 rings (SSSR count). The molecule has 0 aliphatic carbocycles. The van der Waals surface area contributed by atoms with Crippen LogP contribution >= 0.6 is 15.9 Å². The molecule has 234 valence electrons. The van der Waals surface area contributed by atoms with Crippen LogP contribution in [0.4, 0.5) is 51.2 Å². The van der Waals surface area contributed by atoms with Crippen LogP contribution in [0.2, 0.25) is 0 Å². The van der Waals surface area contributed by atoms with E-state index in [4.69, 9.17) is 4.74 Å². The molecule has 0 radical (unpaired) electrons. The van der Waals surface area contributed by atoms with Crippen molar-refractivity contribution in [2.45, 2.75) is 0 Å². The van der Waals surface area contributed by atoms with Gasteiger partial charge in [0.2, 0.25) is 0 Å². The first-order valence-corrected chi connectivity index (χ1v) is 16.7. The van der Waals surface area contributed by atoms with Gasteiger partial charge < -0.3 is 19.4 Å². The summed E-state index contributed by atoms with van der Waals surface area (Å²) >= 11 is 4.17. The molecular weight excluding hydrogens is 668 g/mol. The van der Waals surface area contributed by atoms with Gasteiger partial charge in [0.15, 0.2) is 11.5 Å². The molecule has 1 aliphatic heterocycles. The average Bonchev–Trinajstić information content (AvgIpc) is 3.17. The topological polar surface area (TPSA) is 42.7 Å². The van der Waals surface area contributed by atoms with Gasteiger partial charge >= 0.3 is 0 Å². The first-order valence-electron chi connectivity index (χ1n) is 16.0.